The predicted molar refractivity (Wildman–Crippen MR) is 109 cm³/mol. The van der Waals surface area contributed by atoms with E-state index in [0.717, 1.165) is 49.7 Å². The van der Waals surface area contributed by atoms with Crippen molar-refractivity contribution >= 4 is 27.5 Å². The number of halogens is 1. The number of carbonyl (C=O) groups is 1. The first-order valence-electron chi connectivity index (χ1n) is 9.79. The van der Waals surface area contributed by atoms with Crippen molar-refractivity contribution in [3.05, 3.63) is 64.9 Å². The highest BCUT2D eigenvalue weighted by Gasteiger charge is 2.47. The zero-order valence-corrected chi connectivity index (χ0v) is 16.4. The summed E-state index contributed by atoms with van der Waals surface area (Å²) in [6.07, 6.45) is 0.770. The largest absolute Gasteiger partial charge is 0.340 e. The smallest absolute Gasteiger partial charge is 0.226 e. The Labute approximate surface area is 167 Å². The van der Waals surface area contributed by atoms with E-state index in [2.05, 4.69) is 11.0 Å². The van der Waals surface area contributed by atoms with Crippen molar-refractivity contribution in [2.24, 2.45) is 5.92 Å². The summed E-state index contributed by atoms with van der Waals surface area (Å²) in [5.41, 5.74) is 1.75. The molecule has 4 nitrogen and oxygen atoms in total. The van der Waals surface area contributed by atoms with Crippen LogP contribution in [0.1, 0.15) is 22.9 Å². The van der Waals surface area contributed by atoms with Crippen molar-refractivity contribution in [2.45, 2.75) is 18.9 Å². The lowest BCUT2D eigenvalue weighted by Gasteiger charge is -2.34. The third-order valence-electron chi connectivity index (χ3n) is 5.79. The van der Waals surface area contributed by atoms with E-state index in [9.17, 15) is 9.18 Å². The Balaban J connectivity index is 1.16. The van der Waals surface area contributed by atoms with Crippen molar-refractivity contribution in [3.63, 3.8) is 0 Å². The average molecular weight is 396 g/mol. The molecule has 2 heterocycles. The molecule has 2 aliphatic rings. The van der Waals surface area contributed by atoms with Crippen LogP contribution in [0, 0.1) is 11.7 Å². The number of fused-ring (bicyclic) bond motifs is 1. The van der Waals surface area contributed by atoms with Crippen LogP contribution >= 0.6 is 11.3 Å². The highest BCUT2D eigenvalue weighted by atomic mass is 32.1. The Hall–Kier alpha value is -2.31. The average Bonchev–Trinajstić information content (AvgIpc) is 3.40. The van der Waals surface area contributed by atoms with Gasteiger partial charge in [-0.15, -0.1) is 11.3 Å². The number of para-hydroxylation sites is 1. The van der Waals surface area contributed by atoms with Gasteiger partial charge in [0.1, 0.15) is 10.8 Å². The van der Waals surface area contributed by atoms with Crippen molar-refractivity contribution in [2.75, 3.05) is 26.2 Å². The quantitative estimate of drug-likeness (QED) is 0.673. The van der Waals surface area contributed by atoms with Gasteiger partial charge in [0.15, 0.2) is 0 Å². The van der Waals surface area contributed by atoms with Crippen molar-refractivity contribution in [1.29, 1.82) is 0 Å². The van der Waals surface area contributed by atoms with E-state index >= 15 is 0 Å². The number of piperazine rings is 1. The molecule has 0 radical (unpaired) electrons. The number of nitrogens with zero attached hydrogens (tertiary/aromatic N) is 3. The summed E-state index contributed by atoms with van der Waals surface area (Å²) in [5, 5.41) is 1.13. The molecule has 0 N–H and O–H groups in total. The van der Waals surface area contributed by atoms with Gasteiger partial charge in [-0.3, -0.25) is 9.69 Å². The molecule has 2 fully saturated rings. The molecule has 0 bridgehead atoms. The number of amides is 1. The molecule has 5 rings (SSSR count). The zero-order valence-electron chi connectivity index (χ0n) is 15.6. The minimum Gasteiger partial charge on any atom is -0.340 e. The molecule has 1 saturated carbocycles. The van der Waals surface area contributed by atoms with Crippen LogP contribution in [0.25, 0.3) is 10.2 Å². The van der Waals surface area contributed by atoms with Crippen molar-refractivity contribution in [3.8, 4) is 0 Å². The molecule has 28 heavy (non-hydrogen) atoms. The summed E-state index contributed by atoms with van der Waals surface area (Å²) >= 11 is 1.74. The fraction of sp³-hybridized carbons (Fsp3) is 0.364. The maximum atomic E-state index is 14.0. The number of rotatable bonds is 4. The standard InChI is InChI=1S/C22H22FN3OS/c23-18-6-2-1-5-15(18)16-13-17(16)22(27)26-11-9-25(10-12-26)14-21-24-19-7-3-4-8-20(19)28-21/h1-8,16-17H,9-14H2. The van der Waals surface area contributed by atoms with Crippen LogP contribution in [0.3, 0.4) is 0 Å². The molecule has 144 valence electrons. The number of carbonyl (C=O) groups excluding carboxylic acids is 1. The molecule has 0 spiro atoms. The summed E-state index contributed by atoms with van der Waals surface area (Å²) in [4.78, 5) is 21.8. The molecule has 3 aromatic rings. The number of thiazole rings is 1. The van der Waals surface area contributed by atoms with Gasteiger partial charge in [0.25, 0.3) is 0 Å². The lowest BCUT2D eigenvalue weighted by Crippen LogP contribution is -2.48. The van der Waals surface area contributed by atoms with Crippen LogP contribution in [-0.4, -0.2) is 46.9 Å². The SMILES string of the molecule is O=C(C1CC1c1ccccc1F)N1CCN(Cc2nc3ccccc3s2)CC1. The normalized spacial score (nSPS) is 22.5. The predicted octanol–water partition coefficient (Wildman–Crippen LogP) is 3.88. The van der Waals surface area contributed by atoms with Crippen molar-refractivity contribution in [1.82, 2.24) is 14.8 Å². The van der Waals surface area contributed by atoms with Gasteiger partial charge in [0.05, 0.1) is 16.8 Å². The fourth-order valence-electron chi connectivity index (χ4n) is 4.13. The molecule has 1 aliphatic heterocycles. The van der Waals surface area contributed by atoms with Gasteiger partial charge >= 0.3 is 0 Å². The highest BCUT2D eigenvalue weighted by Crippen LogP contribution is 2.49. The Kier molecular flexibility index (Phi) is 4.61. The van der Waals surface area contributed by atoms with Crippen LogP contribution in [0.4, 0.5) is 4.39 Å². The van der Waals surface area contributed by atoms with Gasteiger partial charge in [-0.05, 0) is 36.1 Å². The number of aromatic nitrogens is 1. The van der Waals surface area contributed by atoms with E-state index in [0.29, 0.717) is 5.56 Å². The first-order valence-corrected chi connectivity index (χ1v) is 10.6. The zero-order chi connectivity index (χ0) is 19.1. The van der Waals surface area contributed by atoms with E-state index in [4.69, 9.17) is 4.98 Å². The first kappa shape index (κ1) is 17.8. The van der Waals surface area contributed by atoms with Crippen LogP contribution in [-0.2, 0) is 11.3 Å². The van der Waals surface area contributed by atoms with Crippen LogP contribution in [0.5, 0.6) is 0 Å². The Morgan fingerprint density at radius 3 is 2.61 bits per heavy atom. The Morgan fingerprint density at radius 1 is 1.07 bits per heavy atom. The third kappa shape index (κ3) is 3.42. The number of benzene rings is 2. The first-order chi connectivity index (χ1) is 13.7. The van der Waals surface area contributed by atoms with E-state index < -0.39 is 0 Å². The van der Waals surface area contributed by atoms with Gasteiger partial charge in [-0.25, -0.2) is 9.37 Å². The molecule has 1 saturated heterocycles. The summed E-state index contributed by atoms with van der Waals surface area (Å²) in [6.45, 7) is 4.04. The Morgan fingerprint density at radius 2 is 1.82 bits per heavy atom. The summed E-state index contributed by atoms with van der Waals surface area (Å²) < 4.78 is 15.2. The van der Waals surface area contributed by atoms with Crippen LogP contribution in [0.15, 0.2) is 48.5 Å². The maximum Gasteiger partial charge on any atom is 0.226 e. The molecule has 1 aliphatic carbocycles. The van der Waals surface area contributed by atoms with E-state index in [1.165, 1.54) is 10.8 Å². The van der Waals surface area contributed by atoms with E-state index in [1.54, 1.807) is 17.4 Å². The van der Waals surface area contributed by atoms with E-state index in [1.807, 2.05) is 35.2 Å². The molecule has 2 unspecified atom stereocenters. The second kappa shape index (κ2) is 7.26. The molecule has 2 aromatic carbocycles. The second-order valence-corrected chi connectivity index (χ2v) is 8.76. The minimum atomic E-state index is -0.191. The van der Waals surface area contributed by atoms with Gasteiger partial charge in [-0.2, -0.15) is 0 Å². The van der Waals surface area contributed by atoms with Crippen molar-refractivity contribution < 1.29 is 9.18 Å². The summed E-state index contributed by atoms with van der Waals surface area (Å²) in [6, 6.07) is 15.0. The third-order valence-corrected chi connectivity index (χ3v) is 6.81. The summed E-state index contributed by atoms with van der Waals surface area (Å²) in [7, 11) is 0. The maximum absolute atomic E-state index is 14.0. The lowest BCUT2D eigenvalue weighted by molar-refractivity contribution is -0.134. The minimum absolute atomic E-state index is 0.0484. The fourth-order valence-corrected chi connectivity index (χ4v) is 5.14. The van der Waals surface area contributed by atoms with Crippen LogP contribution < -0.4 is 0 Å². The highest BCUT2D eigenvalue weighted by molar-refractivity contribution is 7.18. The Bertz CT molecular complexity index is 979. The van der Waals surface area contributed by atoms with Gasteiger partial charge in [0.2, 0.25) is 5.91 Å². The van der Waals surface area contributed by atoms with Gasteiger partial charge < -0.3 is 4.90 Å². The van der Waals surface area contributed by atoms with Crippen LogP contribution in [0.2, 0.25) is 0 Å². The molecular formula is C22H22FN3OS. The number of hydrogen-bond acceptors (Lipinski definition) is 4. The lowest BCUT2D eigenvalue weighted by atomic mass is 10.1. The molecule has 6 heteroatoms. The molecule has 2 atom stereocenters. The molecular weight excluding hydrogens is 373 g/mol. The topological polar surface area (TPSA) is 36.4 Å². The van der Waals surface area contributed by atoms with Gasteiger partial charge in [-0.1, -0.05) is 30.3 Å². The number of hydrogen-bond donors (Lipinski definition) is 0. The van der Waals surface area contributed by atoms with Gasteiger partial charge in [0, 0.05) is 32.1 Å². The summed E-state index contributed by atoms with van der Waals surface area (Å²) in [5.74, 6) is -0.00136. The second-order valence-electron chi connectivity index (χ2n) is 7.65. The monoisotopic (exact) mass is 395 g/mol. The molecule has 1 aromatic heterocycles. The van der Waals surface area contributed by atoms with E-state index in [-0.39, 0.29) is 23.6 Å². The molecule has 1 amide bonds.